The summed E-state index contributed by atoms with van der Waals surface area (Å²) in [7, 11) is 0. The second-order valence-corrected chi connectivity index (χ2v) is 6.53. The minimum absolute atomic E-state index is 0.165. The average Bonchev–Trinajstić information content (AvgIpc) is 3.11. The largest absolute Gasteiger partial charge is 0.378 e. The first-order valence-corrected chi connectivity index (χ1v) is 8.56. The van der Waals surface area contributed by atoms with Crippen LogP contribution in [-0.4, -0.2) is 42.2 Å². The summed E-state index contributed by atoms with van der Waals surface area (Å²) in [4.78, 5) is 20.0. The van der Waals surface area contributed by atoms with Gasteiger partial charge in [-0.3, -0.25) is 4.79 Å². The van der Waals surface area contributed by atoms with E-state index in [-0.39, 0.29) is 5.56 Å². The number of morpholine rings is 1. The van der Waals surface area contributed by atoms with Gasteiger partial charge in [-0.15, -0.1) is 11.3 Å². The van der Waals surface area contributed by atoms with Gasteiger partial charge in [0.2, 0.25) is 0 Å². The molecule has 0 bridgehead atoms. The van der Waals surface area contributed by atoms with Crippen molar-refractivity contribution in [2.45, 2.75) is 0 Å². The van der Waals surface area contributed by atoms with Crippen LogP contribution in [0.5, 0.6) is 0 Å². The summed E-state index contributed by atoms with van der Waals surface area (Å²) in [5.41, 5.74) is 0.515. The number of hydrogen-bond acceptors (Lipinski definition) is 6. The highest BCUT2D eigenvalue weighted by atomic mass is 32.1. The standard InChI is InChI=1S/C17H16N4O2S/c22-17-14-3-1-2-4-15(14)18-12-21(17)19-11-13-5-6-16(24-13)20-7-9-23-10-8-20/h1-6,11-12H,7-10H2/b19-11+. The summed E-state index contributed by atoms with van der Waals surface area (Å²) in [5.74, 6) is 0. The topological polar surface area (TPSA) is 59.7 Å². The van der Waals surface area contributed by atoms with E-state index in [0.717, 1.165) is 31.2 Å². The molecule has 0 amide bonds. The van der Waals surface area contributed by atoms with Crippen molar-refractivity contribution in [3.05, 3.63) is 58.0 Å². The maximum Gasteiger partial charge on any atom is 0.281 e. The van der Waals surface area contributed by atoms with Crippen LogP contribution < -0.4 is 10.5 Å². The average molecular weight is 340 g/mol. The Kier molecular flexibility index (Phi) is 4.10. The van der Waals surface area contributed by atoms with E-state index in [2.05, 4.69) is 21.1 Å². The Morgan fingerprint density at radius 1 is 1.17 bits per heavy atom. The predicted molar refractivity (Wildman–Crippen MR) is 96.3 cm³/mol. The number of nitrogens with zero attached hydrogens (tertiary/aromatic N) is 4. The van der Waals surface area contributed by atoms with Crippen LogP contribution in [-0.2, 0) is 4.74 Å². The highest BCUT2D eigenvalue weighted by Gasteiger charge is 2.12. The van der Waals surface area contributed by atoms with E-state index in [9.17, 15) is 4.79 Å². The van der Waals surface area contributed by atoms with Crippen LogP contribution in [0.1, 0.15) is 4.88 Å². The fourth-order valence-corrected chi connectivity index (χ4v) is 3.55. The lowest BCUT2D eigenvalue weighted by molar-refractivity contribution is 0.123. The molecule has 0 unspecified atom stereocenters. The maximum absolute atomic E-state index is 12.4. The van der Waals surface area contributed by atoms with E-state index in [1.54, 1.807) is 23.6 Å². The van der Waals surface area contributed by atoms with Crippen molar-refractivity contribution < 1.29 is 4.74 Å². The first-order chi connectivity index (χ1) is 11.8. The molecule has 3 heterocycles. The molecule has 3 aromatic rings. The number of hydrogen-bond donors (Lipinski definition) is 0. The molecule has 4 rings (SSSR count). The molecule has 0 aliphatic carbocycles. The Balaban J connectivity index is 1.58. The fraction of sp³-hybridized carbons (Fsp3) is 0.235. The van der Waals surface area contributed by atoms with Gasteiger partial charge in [-0.25, -0.2) is 4.98 Å². The molecule has 0 spiro atoms. The Bertz CT molecular complexity index is 941. The third-order valence-corrected chi connectivity index (χ3v) is 4.97. The van der Waals surface area contributed by atoms with Gasteiger partial charge in [0.25, 0.3) is 5.56 Å². The van der Waals surface area contributed by atoms with E-state index < -0.39 is 0 Å². The molecule has 1 aromatic carbocycles. The zero-order chi connectivity index (χ0) is 16.4. The second-order valence-electron chi connectivity index (χ2n) is 5.43. The van der Waals surface area contributed by atoms with Gasteiger partial charge in [-0.05, 0) is 24.3 Å². The summed E-state index contributed by atoms with van der Waals surface area (Å²) >= 11 is 1.65. The van der Waals surface area contributed by atoms with E-state index in [4.69, 9.17) is 4.74 Å². The zero-order valence-electron chi connectivity index (χ0n) is 13.0. The van der Waals surface area contributed by atoms with Crippen LogP contribution in [0.25, 0.3) is 10.9 Å². The number of rotatable bonds is 3. The molecule has 1 saturated heterocycles. The van der Waals surface area contributed by atoms with E-state index in [1.807, 2.05) is 24.3 Å². The van der Waals surface area contributed by atoms with Gasteiger partial charge in [-0.2, -0.15) is 9.78 Å². The van der Waals surface area contributed by atoms with E-state index >= 15 is 0 Å². The van der Waals surface area contributed by atoms with Gasteiger partial charge in [0, 0.05) is 18.0 Å². The molecule has 24 heavy (non-hydrogen) atoms. The second kappa shape index (κ2) is 6.54. The van der Waals surface area contributed by atoms with Crippen molar-refractivity contribution in [3.63, 3.8) is 0 Å². The minimum Gasteiger partial charge on any atom is -0.378 e. The van der Waals surface area contributed by atoms with Crippen LogP contribution in [0, 0.1) is 0 Å². The maximum atomic E-state index is 12.4. The lowest BCUT2D eigenvalue weighted by atomic mass is 10.2. The number of anilines is 1. The normalized spacial score (nSPS) is 15.4. The zero-order valence-corrected chi connectivity index (χ0v) is 13.8. The van der Waals surface area contributed by atoms with Crippen LogP contribution in [0.15, 0.2) is 52.6 Å². The SMILES string of the molecule is O=c1c2ccccc2ncn1/N=C/c1ccc(N2CCOCC2)s1. The number of thiophene rings is 1. The van der Waals surface area contributed by atoms with Gasteiger partial charge < -0.3 is 9.64 Å². The van der Waals surface area contributed by atoms with Gasteiger partial charge >= 0.3 is 0 Å². The molecular weight excluding hydrogens is 324 g/mol. The fourth-order valence-electron chi connectivity index (χ4n) is 2.63. The molecule has 122 valence electrons. The van der Waals surface area contributed by atoms with Crippen LogP contribution in [0.3, 0.4) is 0 Å². The molecular formula is C17H16N4O2S. The molecule has 0 radical (unpaired) electrons. The van der Waals surface area contributed by atoms with Crippen LogP contribution in [0.2, 0.25) is 0 Å². The van der Waals surface area contributed by atoms with Gasteiger partial charge in [-0.1, -0.05) is 12.1 Å². The van der Waals surface area contributed by atoms with Crippen molar-refractivity contribution in [1.29, 1.82) is 0 Å². The summed E-state index contributed by atoms with van der Waals surface area (Å²) in [6.45, 7) is 3.34. The summed E-state index contributed by atoms with van der Waals surface area (Å²) in [5, 5.41) is 6.03. The van der Waals surface area contributed by atoms with Gasteiger partial charge in [0.15, 0.2) is 0 Å². The summed E-state index contributed by atoms with van der Waals surface area (Å²) in [6, 6.07) is 11.4. The molecule has 1 aliphatic rings. The highest BCUT2D eigenvalue weighted by Crippen LogP contribution is 2.25. The number of aromatic nitrogens is 2. The Morgan fingerprint density at radius 3 is 2.88 bits per heavy atom. The van der Waals surface area contributed by atoms with Crippen LogP contribution >= 0.6 is 11.3 Å². The lowest BCUT2D eigenvalue weighted by Crippen LogP contribution is -2.35. The molecule has 0 N–H and O–H groups in total. The Hall–Kier alpha value is -2.51. The number of para-hydroxylation sites is 1. The molecule has 7 heteroatoms. The quantitative estimate of drug-likeness (QED) is 0.686. The first kappa shape index (κ1) is 15.0. The minimum atomic E-state index is -0.165. The van der Waals surface area contributed by atoms with E-state index in [0.29, 0.717) is 10.9 Å². The third kappa shape index (κ3) is 2.95. The molecule has 2 aromatic heterocycles. The smallest absolute Gasteiger partial charge is 0.281 e. The lowest BCUT2D eigenvalue weighted by Gasteiger charge is -2.27. The Morgan fingerprint density at radius 2 is 2.00 bits per heavy atom. The van der Waals surface area contributed by atoms with Crippen molar-refractivity contribution >= 4 is 33.5 Å². The third-order valence-electron chi connectivity index (χ3n) is 3.89. The predicted octanol–water partition coefficient (Wildman–Crippen LogP) is 2.18. The van der Waals surface area contributed by atoms with Crippen molar-refractivity contribution in [2.24, 2.45) is 5.10 Å². The first-order valence-electron chi connectivity index (χ1n) is 7.74. The molecule has 1 fully saturated rings. The number of ether oxygens (including phenoxy) is 1. The summed E-state index contributed by atoms with van der Waals surface area (Å²) < 4.78 is 6.65. The van der Waals surface area contributed by atoms with Crippen molar-refractivity contribution in [2.75, 3.05) is 31.2 Å². The summed E-state index contributed by atoms with van der Waals surface area (Å²) in [6.07, 6.45) is 3.16. The monoisotopic (exact) mass is 340 g/mol. The highest BCUT2D eigenvalue weighted by molar-refractivity contribution is 7.17. The van der Waals surface area contributed by atoms with Gasteiger partial charge in [0.1, 0.15) is 6.33 Å². The van der Waals surface area contributed by atoms with Crippen molar-refractivity contribution in [1.82, 2.24) is 9.66 Å². The molecule has 0 saturated carbocycles. The number of fused-ring (bicyclic) bond motifs is 1. The molecule has 0 atom stereocenters. The van der Waals surface area contributed by atoms with Gasteiger partial charge in [0.05, 0.1) is 35.3 Å². The molecule has 6 nitrogen and oxygen atoms in total. The van der Waals surface area contributed by atoms with Crippen molar-refractivity contribution in [3.8, 4) is 0 Å². The Labute approximate surface area is 142 Å². The number of benzene rings is 1. The van der Waals surface area contributed by atoms with E-state index in [1.165, 1.54) is 16.0 Å². The van der Waals surface area contributed by atoms with Crippen LogP contribution in [0.4, 0.5) is 5.00 Å². The molecule has 1 aliphatic heterocycles.